The lowest BCUT2D eigenvalue weighted by Crippen LogP contribution is -2.25. The van der Waals surface area contributed by atoms with Crippen molar-refractivity contribution in [2.24, 2.45) is 0 Å². The van der Waals surface area contributed by atoms with Gasteiger partial charge in [0.05, 0.1) is 25.8 Å². The van der Waals surface area contributed by atoms with Crippen molar-refractivity contribution in [3.8, 4) is 5.75 Å². The van der Waals surface area contributed by atoms with Gasteiger partial charge in [0.1, 0.15) is 11.6 Å². The standard InChI is InChI=1S/C22H23ClFN3O2/c1-14-19(11-22(28)25-12-16-8-9-18(24)10-20(16)23)15(2)27(26-14)13-17-6-4-5-7-21(17)29-3/h4-10H,11-13H2,1-3H3,(H,25,28). The number of aromatic nitrogens is 2. The molecule has 0 unspecified atom stereocenters. The number of aryl methyl sites for hydroxylation is 1. The minimum Gasteiger partial charge on any atom is -0.496 e. The fourth-order valence-corrected chi connectivity index (χ4v) is 3.45. The van der Waals surface area contributed by atoms with E-state index in [0.717, 1.165) is 28.3 Å². The van der Waals surface area contributed by atoms with Crippen LogP contribution in [0.5, 0.6) is 5.75 Å². The first-order valence-electron chi connectivity index (χ1n) is 9.24. The molecule has 0 saturated heterocycles. The summed E-state index contributed by atoms with van der Waals surface area (Å²) in [5.41, 5.74) is 4.32. The molecule has 1 N–H and O–H groups in total. The highest BCUT2D eigenvalue weighted by Crippen LogP contribution is 2.21. The van der Waals surface area contributed by atoms with E-state index in [-0.39, 0.29) is 18.9 Å². The third-order valence-corrected chi connectivity index (χ3v) is 5.22. The van der Waals surface area contributed by atoms with Crippen molar-refractivity contribution in [3.63, 3.8) is 0 Å². The van der Waals surface area contributed by atoms with Gasteiger partial charge in [-0.1, -0.05) is 35.9 Å². The maximum absolute atomic E-state index is 13.1. The SMILES string of the molecule is COc1ccccc1Cn1nc(C)c(CC(=O)NCc2ccc(F)cc2Cl)c1C. The number of nitrogens with zero attached hydrogens (tertiary/aromatic N) is 2. The maximum Gasteiger partial charge on any atom is 0.224 e. The highest BCUT2D eigenvalue weighted by atomic mass is 35.5. The van der Waals surface area contributed by atoms with Crippen molar-refractivity contribution in [2.45, 2.75) is 33.4 Å². The molecule has 0 aliphatic heterocycles. The number of para-hydroxylation sites is 1. The molecule has 0 saturated carbocycles. The summed E-state index contributed by atoms with van der Waals surface area (Å²) in [5, 5.41) is 7.72. The number of hydrogen-bond acceptors (Lipinski definition) is 3. The molecule has 0 aliphatic rings. The second-order valence-corrected chi connectivity index (χ2v) is 7.22. The van der Waals surface area contributed by atoms with Gasteiger partial charge in [-0.05, 0) is 37.6 Å². The fourth-order valence-electron chi connectivity index (χ4n) is 3.22. The van der Waals surface area contributed by atoms with Crippen LogP contribution in [0.15, 0.2) is 42.5 Å². The molecule has 1 aromatic heterocycles. The Labute approximate surface area is 174 Å². The highest BCUT2D eigenvalue weighted by molar-refractivity contribution is 6.31. The predicted molar refractivity (Wildman–Crippen MR) is 111 cm³/mol. The average Bonchev–Trinajstić information content (AvgIpc) is 2.95. The zero-order valence-corrected chi connectivity index (χ0v) is 17.4. The van der Waals surface area contributed by atoms with Gasteiger partial charge in [-0.25, -0.2) is 4.39 Å². The van der Waals surface area contributed by atoms with Gasteiger partial charge >= 0.3 is 0 Å². The van der Waals surface area contributed by atoms with Gasteiger partial charge < -0.3 is 10.1 Å². The van der Waals surface area contributed by atoms with Crippen LogP contribution in [0.3, 0.4) is 0 Å². The lowest BCUT2D eigenvalue weighted by molar-refractivity contribution is -0.120. The molecule has 0 bridgehead atoms. The van der Waals surface area contributed by atoms with Crippen LogP contribution in [0.1, 0.15) is 28.1 Å². The van der Waals surface area contributed by atoms with Crippen molar-refractivity contribution in [1.29, 1.82) is 0 Å². The molecular formula is C22H23ClFN3O2. The molecule has 29 heavy (non-hydrogen) atoms. The number of halogens is 2. The van der Waals surface area contributed by atoms with Crippen LogP contribution in [-0.4, -0.2) is 22.8 Å². The molecule has 3 aromatic rings. The molecule has 0 aliphatic carbocycles. The summed E-state index contributed by atoms with van der Waals surface area (Å²) >= 11 is 6.01. The van der Waals surface area contributed by atoms with Crippen molar-refractivity contribution in [2.75, 3.05) is 7.11 Å². The molecule has 7 heteroatoms. The number of methoxy groups -OCH3 is 1. The third-order valence-electron chi connectivity index (χ3n) is 4.87. The normalized spacial score (nSPS) is 10.8. The number of ether oxygens (including phenoxy) is 1. The average molecular weight is 416 g/mol. The second kappa shape index (κ2) is 9.09. The van der Waals surface area contributed by atoms with Gasteiger partial charge in [0.2, 0.25) is 5.91 Å². The minimum atomic E-state index is -0.404. The summed E-state index contributed by atoms with van der Waals surface area (Å²) in [6.07, 6.45) is 0.211. The van der Waals surface area contributed by atoms with Crippen LogP contribution in [0, 0.1) is 19.7 Å². The summed E-state index contributed by atoms with van der Waals surface area (Å²) in [6.45, 7) is 4.65. The van der Waals surface area contributed by atoms with Crippen LogP contribution < -0.4 is 10.1 Å². The molecule has 5 nitrogen and oxygen atoms in total. The van der Waals surface area contributed by atoms with Crippen LogP contribution in [0.4, 0.5) is 4.39 Å². The van der Waals surface area contributed by atoms with E-state index in [1.165, 1.54) is 12.1 Å². The van der Waals surface area contributed by atoms with Gasteiger partial charge in [-0.15, -0.1) is 0 Å². The second-order valence-electron chi connectivity index (χ2n) is 6.81. The van der Waals surface area contributed by atoms with Crippen molar-refractivity contribution >= 4 is 17.5 Å². The quantitative estimate of drug-likeness (QED) is 0.629. The van der Waals surface area contributed by atoms with E-state index in [0.29, 0.717) is 17.1 Å². The maximum atomic E-state index is 13.1. The van der Waals surface area contributed by atoms with E-state index >= 15 is 0 Å². The zero-order valence-electron chi connectivity index (χ0n) is 16.6. The lowest BCUT2D eigenvalue weighted by atomic mass is 10.1. The van der Waals surface area contributed by atoms with Gasteiger partial charge in [0.15, 0.2) is 0 Å². The van der Waals surface area contributed by atoms with Crippen molar-refractivity contribution in [1.82, 2.24) is 15.1 Å². The molecule has 0 radical (unpaired) electrons. The van der Waals surface area contributed by atoms with E-state index in [1.807, 2.05) is 42.8 Å². The molecule has 1 amide bonds. The molecule has 2 aromatic carbocycles. The molecular weight excluding hydrogens is 393 g/mol. The van der Waals surface area contributed by atoms with Crippen LogP contribution in [0.2, 0.25) is 5.02 Å². The zero-order chi connectivity index (χ0) is 21.0. The monoisotopic (exact) mass is 415 g/mol. The van der Waals surface area contributed by atoms with Crippen molar-refractivity contribution < 1.29 is 13.9 Å². The van der Waals surface area contributed by atoms with E-state index in [1.54, 1.807) is 13.2 Å². The van der Waals surface area contributed by atoms with E-state index < -0.39 is 5.82 Å². The topological polar surface area (TPSA) is 56.2 Å². The van der Waals surface area contributed by atoms with Gasteiger partial charge in [-0.2, -0.15) is 5.10 Å². The highest BCUT2D eigenvalue weighted by Gasteiger charge is 2.16. The van der Waals surface area contributed by atoms with Crippen molar-refractivity contribution in [3.05, 3.63) is 81.4 Å². The summed E-state index contributed by atoms with van der Waals surface area (Å²) in [4.78, 5) is 12.5. The number of benzene rings is 2. The number of hydrogen-bond donors (Lipinski definition) is 1. The number of carbonyl (C=O) groups is 1. The molecule has 0 spiro atoms. The fraction of sp³-hybridized carbons (Fsp3) is 0.273. The number of amides is 1. The summed E-state index contributed by atoms with van der Waals surface area (Å²) in [5.74, 6) is 0.253. The van der Waals surface area contributed by atoms with Crippen LogP contribution in [-0.2, 0) is 24.3 Å². The summed E-state index contributed by atoms with van der Waals surface area (Å²) in [7, 11) is 1.64. The van der Waals surface area contributed by atoms with Crippen LogP contribution in [0.25, 0.3) is 0 Å². The number of nitrogens with one attached hydrogen (secondary N) is 1. The van der Waals surface area contributed by atoms with E-state index in [2.05, 4.69) is 10.4 Å². The Hall–Kier alpha value is -2.86. The molecule has 3 rings (SSSR count). The van der Waals surface area contributed by atoms with Crippen LogP contribution >= 0.6 is 11.6 Å². The number of rotatable bonds is 7. The molecule has 152 valence electrons. The first-order chi connectivity index (χ1) is 13.9. The first kappa shape index (κ1) is 20.9. The van der Waals surface area contributed by atoms with E-state index in [9.17, 15) is 9.18 Å². The minimum absolute atomic E-state index is 0.145. The predicted octanol–water partition coefficient (Wildman–Crippen LogP) is 4.21. The Bertz CT molecular complexity index is 1030. The van der Waals surface area contributed by atoms with Gasteiger partial charge in [0.25, 0.3) is 0 Å². The Morgan fingerprint density at radius 1 is 1.21 bits per heavy atom. The molecule has 0 atom stereocenters. The Morgan fingerprint density at radius 3 is 2.69 bits per heavy atom. The lowest BCUT2D eigenvalue weighted by Gasteiger charge is -2.10. The van der Waals surface area contributed by atoms with E-state index in [4.69, 9.17) is 16.3 Å². The van der Waals surface area contributed by atoms with Gasteiger partial charge in [-0.3, -0.25) is 9.48 Å². The molecule has 1 heterocycles. The smallest absolute Gasteiger partial charge is 0.224 e. The molecule has 0 fully saturated rings. The Morgan fingerprint density at radius 2 is 1.97 bits per heavy atom. The van der Waals surface area contributed by atoms with Gasteiger partial charge in [0, 0.05) is 28.4 Å². The Balaban J connectivity index is 1.69. The first-order valence-corrected chi connectivity index (χ1v) is 9.62. The largest absolute Gasteiger partial charge is 0.496 e. The summed E-state index contributed by atoms with van der Waals surface area (Å²) in [6, 6.07) is 11.9. The third kappa shape index (κ3) is 4.95. The Kier molecular flexibility index (Phi) is 6.54. The number of carbonyl (C=O) groups excluding carboxylic acids is 1. The summed E-state index contributed by atoms with van der Waals surface area (Å²) < 4.78 is 20.4.